The zero-order valence-corrected chi connectivity index (χ0v) is 13.8. The molecule has 1 atom stereocenters. The zero-order chi connectivity index (χ0) is 16.7. The second-order valence-corrected chi connectivity index (χ2v) is 6.89. The Kier molecular flexibility index (Phi) is 3.71. The number of nitrogens with one attached hydrogen (secondary N) is 1. The average molecular weight is 323 g/mol. The summed E-state index contributed by atoms with van der Waals surface area (Å²) in [5, 5.41) is 4.02. The number of benzene rings is 1. The van der Waals surface area contributed by atoms with Crippen molar-refractivity contribution in [1.82, 2.24) is 15.2 Å². The molecule has 1 saturated carbocycles. The molecule has 2 fully saturated rings. The number of aryl methyl sites for hydroxylation is 1. The van der Waals surface area contributed by atoms with E-state index in [9.17, 15) is 9.59 Å². The molecule has 1 unspecified atom stereocenters. The molecule has 1 aliphatic carbocycles. The maximum atomic E-state index is 12.5. The number of rotatable bonds is 3. The van der Waals surface area contributed by atoms with Crippen molar-refractivity contribution in [1.29, 1.82) is 0 Å². The molecule has 5 heteroatoms. The van der Waals surface area contributed by atoms with Crippen LogP contribution in [0.4, 0.5) is 0 Å². The van der Waals surface area contributed by atoms with Crippen molar-refractivity contribution in [2.45, 2.75) is 32.2 Å². The van der Waals surface area contributed by atoms with Crippen LogP contribution in [0.2, 0.25) is 0 Å². The fourth-order valence-electron chi connectivity index (χ4n) is 3.37. The standard InChI is InChI=1S/C19H21N3O2/c1-12-3-2-4-14-9-15(10-20-17(12)14)18(23)21-16-7-8-22(11-16)19(24)13-5-6-13/h2-4,9-10,13,16H,5-8,11H2,1H3,(H,21,23). The van der Waals surface area contributed by atoms with E-state index >= 15 is 0 Å². The van der Waals surface area contributed by atoms with Crippen LogP contribution in [0.1, 0.15) is 35.2 Å². The minimum Gasteiger partial charge on any atom is -0.347 e. The first kappa shape index (κ1) is 15.1. The lowest BCUT2D eigenvalue weighted by Crippen LogP contribution is -2.38. The van der Waals surface area contributed by atoms with Crippen LogP contribution in [-0.2, 0) is 4.79 Å². The summed E-state index contributed by atoms with van der Waals surface area (Å²) in [5.41, 5.74) is 2.60. The van der Waals surface area contributed by atoms with Crippen LogP contribution in [0, 0.1) is 12.8 Å². The summed E-state index contributed by atoms with van der Waals surface area (Å²) in [6, 6.07) is 7.87. The van der Waals surface area contributed by atoms with Gasteiger partial charge in [-0.2, -0.15) is 0 Å². The molecule has 124 valence electrons. The van der Waals surface area contributed by atoms with Crippen molar-refractivity contribution in [2.24, 2.45) is 5.92 Å². The Hall–Kier alpha value is -2.43. The van der Waals surface area contributed by atoms with Crippen LogP contribution in [-0.4, -0.2) is 40.8 Å². The van der Waals surface area contributed by atoms with E-state index < -0.39 is 0 Å². The fraction of sp³-hybridized carbons (Fsp3) is 0.421. The van der Waals surface area contributed by atoms with Gasteiger partial charge in [0.05, 0.1) is 11.1 Å². The van der Waals surface area contributed by atoms with Crippen LogP contribution >= 0.6 is 0 Å². The molecule has 0 bridgehead atoms. The SMILES string of the molecule is Cc1cccc2cc(C(=O)NC3CCN(C(=O)C4CC4)C3)cnc12. The highest BCUT2D eigenvalue weighted by Gasteiger charge is 2.36. The highest BCUT2D eigenvalue weighted by Crippen LogP contribution is 2.32. The number of carbonyl (C=O) groups is 2. The van der Waals surface area contributed by atoms with E-state index in [4.69, 9.17) is 0 Å². The number of pyridine rings is 1. The van der Waals surface area contributed by atoms with E-state index in [0.29, 0.717) is 12.1 Å². The van der Waals surface area contributed by atoms with Crippen molar-refractivity contribution >= 4 is 22.7 Å². The molecule has 1 saturated heterocycles. The van der Waals surface area contributed by atoms with Gasteiger partial charge < -0.3 is 10.2 Å². The predicted octanol–water partition coefficient (Wildman–Crippen LogP) is 2.28. The largest absolute Gasteiger partial charge is 0.347 e. The van der Waals surface area contributed by atoms with Gasteiger partial charge in [-0.1, -0.05) is 18.2 Å². The van der Waals surface area contributed by atoms with Gasteiger partial charge in [0.1, 0.15) is 0 Å². The third kappa shape index (κ3) is 2.86. The maximum Gasteiger partial charge on any atom is 0.253 e. The lowest BCUT2D eigenvalue weighted by Gasteiger charge is -2.17. The minimum absolute atomic E-state index is 0.0356. The molecular formula is C19H21N3O2. The van der Waals surface area contributed by atoms with E-state index in [-0.39, 0.29) is 23.8 Å². The smallest absolute Gasteiger partial charge is 0.253 e. The molecule has 1 aliphatic heterocycles. The number of fused-ring (bicyclic) bond motifs is 1. The lowest BCUT2D eigenvalue weighted by molar-refractivity contribution is -0.131. The molecule has 24 heavy (non-hydrogen) atoms. The monoisotopic (exact) mass is 323 g/mol. The predicted molar refractivity (Wildman–Crippen MR) is 91.7 cm³/mol. The number of aromatic nitrogens is 1. The normalized spacial score (nSPS) is 20.4. The highest BCUT2D eigenvalue weighted by atomic mass is 16.2. The molecule has 2 heterocycles. The Morgan fingerprint density at radius 3 is 2.88 bits per heavy atom. The fourth-order valence-corrected chi connectivity index (χ4v) is 3.37. The number of nitrogens with zero attached hydrogens (tertiary/aromatic N) is 2. The van der Waals surface area contributed by atoms with E-state index in [1.165, 1.54) is 0 Å². The summed E-state index contributed by atoms with van der Waals surface area (Å²) in [6.07, 6.45) is 4.50. The van der Waals surface area contributed by atoms with Crippen molar-refractivity contribution in [3.63, 3.8) is 0 Å². The summed E-state index contributed by atoms with van der Waals surface area (Å²) < 4.78 is 0. The Bertz CT molecular complexity index is 813. The van der Waals surface area contributed by atoms with Crippen molar-refractivity contribution in [3.8, 4) is 0 Å². The average Bonchev–Trinajstić information content (AvgIpc) is 3.33. The first-order valence-electron chi connectivity index (χ1n) is 8.57. The van der Waals surface area contributed by atoms with E-state index in [1.807, 2.05) is 36.1 Å². The molecule has 2 aliphatic rings. The van der Waals surface area contributed by atoms with Gasteiger partial charge in [-0.05, 0) is 37.8 Å². The lowest BCUT2D eigenvalue weighted by atomic mass is 10.1. The van der Waals surface area contributed by atoms with Gasteiger partial charge in [0.15, 0.2) is 0 Å². The Morgan fingerprint density at radius 1 is 1.25 bits per heavy atom. The van der Waals surface area contributed by atoms with Gasteiger partial charge in [0.2, 0.25) is 5.91 Å². The number of para-hydroxylation sites is 1. The summed E-state index contributed by atoms with van der Waals surface area (Å²) in [4.78, 5) is 30.9. The summed E-state index contributed by atoms with van der Waals surface area (Å²) in [5.74, 6) is 0.388. The van der Waals surface area contributed by atoms with E-state index in [2.05, 4.69) is 10.3 Å². The third-order valence-electron chi connectivity index (χ3n) is 4.94. The number of amides is 2. The van der Waals surface area contributed by atoms with Crippen LogP contribution in [0.3, 0.4) is 0 Å². The Labute approximate surface area is 141 Å². The van der Waals surface area contributed by atoms with Gasteiger partial charge >= 0.3 is 0 Å². The van der Waals surface area contributed by atoms with Crippen LogP contribution in [0.5, 0.6) is 0 Å². The third-order valence-corrected chi connectivity index (χ3v) is 4.94. The molecule has 4 rings (SSSR count). The molecular weight excluding hydrogens is 302 g/mol. The topological polar surface area (TPSA) is 62.3 Å². The van der Waals surface area contributed by atoms with Gasteiger partial charge in [-0.25, -0.2) is 0 Å². The summed E-state index contributed by atoms with van der Waals surface area (Å²) >= 11 is 0. The van der Waals surface area contributed by atoms with Gasteiger partial charge in [-0.3, -0.25) is 14.6 Å². The first-order valence-corrected chi connectivity index (χ1v) is 8.57. The molecule has 1 aromatic carbocycles. The summed E-state index contributed by atoms with van der Waals surface area (Å²) in [6.45, 7) is 3.38. The molecule has 2 amide bonds. The molecule has 0 radical (unpaired) electrons. The molecule has 1 aromatic heterocycles. The van der Waals surface area contributed by atoms with Gasteiger partial charge in [0.25, 0.3) is 5.91 Å². The highest BCUT2D eigenvalue weighted by molar-refractivity contribution is 5.97. The number of carbonyl (C=O) groups excluding carboxylic acids is 2. The van der Waals surface area contributed by atoms with E-state index in [1.54, 1.807) is 6.20 Å². The number of hydrogen-bond donors (Lipinski definition) is 1. The quantitative estimate of drug-likeness (QED) is 0.942. The Morgan fingerprint density at radius 2 is 2.08 bits per heavy atom. The molecule has 0 spiro atoms. The summed E-state index contributed by atoms with van der Waals surface area (Å²) in [7, 11) is 0. The van der Waals surface area contributed by atoms with Crippen molar-refractivity contribution in [2.75, 3.05) is 13.1 Å². The molecule has 2 aromatic rings. The van der Waals surface area contributed by atoms with Gasteiger partial charge in [0, 0.05) is 36.6 Å². The zero-order valence-electron chi connectivity index (χ0n) is 13.8. The maximum absolute atomic E-state index is 12.5. The van der Waals surface area contributed by atoms with E-state index in [0.717, 1.165) is 42.3 Å². The Balaban J connectivity index is 1.44. The van der Waals surface area contributed by atoms with Crippen molar-refractivity contribution in [3.05, 3.63) is 41.6 Å². The molecule has 1 N–H and O–H groups in total. The van der Waals surface area contributed by atoms with Crippen molar-refractivity contribution < 1.29 is 9.59 Å². The number of hydrogen-bond acceptors (Lipinski definition) is 3. The number of likely N-dealkylation sites (tertiary alicyclic amines) is 1. The first-order chi connectivity index (χ1) is 11.6. The van der Waals surface area contributed by atoms with Gasteiger partial charge in [-0.15, -0.1) is 0 Å². The molecule has 5 nitrogen and oxygen atoms in total. The van der Waals surface area contributed by atoms with Crippen LogP contribution in [0.15, 0.2) is 30.5 Å². The second-order valence-electron chi connectivity index (χ2n) is 6.89. The second kappa shape index (κ2) is 5.89. The van der Waals surface area contributed by atoms with Crippen LogP contribution < -0.4 is 5.32 Å². The minimum atomic E-state index is -0.114. The van der Waals surface area contributed by atoms with Crippen LogP contribution in [0.25, 0.3) is 10.9 Å².